The monoisotopic (exact) mass is 241 g/mol. The van der Waals surface area contributed by atoms with Crippen LogP contribution in [0.2, 0.25) is 0 Å². The predicted molar refractivity (Wildman–Crippen MR) is 74.0 cm³/mol. The normalized spacial score (nSPS) is 29.8. The van der Waals surface area contributed by atoms with E-state index >= 15 is 0 Å². The summed E-state index contributed by atoms with van der Waals surface area (Å²) in [5, 5.41) is 0. The van der Waals surface area contributed by atoms with Crippen molar-refractivity contribution in [1.82, 2.24) is 0 Å². The number of hydrogen-bond acceptors (Lipinski definition) is 2. The summed E-state index contributed by atoms with van der Waals surface area (Å²) in [5.74, 6) is 2.23. The molecular formula is C15H31NO. The lowest BCUT2D eigenvalue weighted by molar-refractivity contribution is -0.0280. The second-order valence-corrected chi connectivity index (χ2v) is 6.06. The minimum Gasteiger partial charge on any atom is -0.378 e. The first-order valence-corrected chi connectivity index (χ1v) is 7.49. The third-order valence-electron chi connectivity index (χ3n) is 4.06. The second kappa shape index (κ2) is 8.10. The van der Waals surface area contributed by atoms with Gasteiger partial charge in [0.25, 0.3) is 0 Å². The highest BCUT2D eigenvalue weighted by molar-refractivity contribution is 4.81. The molecule has 1 saturated carbocycles. The van der Waals surface area contributed by atoms with Gasteiger partial charge in [-0.05, 0) is 50.0 Å². The van der Waals surface area contributed by atoms with E-state index in [9.17, 15) is 0 Å². The smallest absolute Gasteiger partial charge is 0.0617 e. The van der Waals surface area contributed by atoms with Crippen molar-refractivity contribution < 1.29 is 4.74 Å². The van der Waals surface area contributed by atoms with Crippen LogP contribution in [0.5, 0.6) is 0 Å². The predicted octanol–water partition coefficient (Wildman–Crippen LogP) is 3.59. The van der Waals surface area contributed by atoms with Crippen LogP contribution in [-0.2, 0) is 4.74 Å². The molecule has 2 nitrogen and oxygen atoms in total. The first kappa shape index (κ1) is 15.0. The summed E-state index contributed by atoms with van der Waals surface area (Å²) in [5.41, 5.74) is 5.86. The van der Waals surface area contributed by atoms with Crippen LogP contribution < -0.4 is 5.73 Å². The molecule has 0 aromatic rings. The van der Waals surface area contributed by atoms with Crippen LogP contribution in [0.3, 0.4) is 0 Å². The van der Waals surface area contributed by atoms with Crippen LogP contribution in [0.4, 0.5) is 0 Å². The molecule has 1 aliphatic rings. The maximum absolute atomic E-state index is 6.09. The summed E-state index contributed by atoms with van der Waals surface area (Å²) in [6, 6.07) is 0. The van der Waals surface area contributed by atoms with Crippen LogP contribution in [0.15, 0.2) is 0 Å². The quantitative estimate of drug-likeness (QED) is 0.739. The van der Waals surface area contributed by atoms with E-state index < -0.39 is 0 Å². The number of nitrogens with two attached hydrogens (primary N) is 1. The van der Waals surface area contributed by atoms with Crippen molar-refractivity contribution >= 4 is 0 Å². The highest BCUT2D eigenvalue weighted by Gasteiger charge is 2.29. The van der Waals surface area contributed by atoms with E-state index in [1.807, 2.05) is 0 Å². The lowest BCUT2D eigenvalue weighted by Crippen LogP contribution is -2.36. The standard InChI is InChI=1S/C15H31NO/c1-4-5-13-6-7-14(11-16)15(10-13)17-9-8-12(2)3/h12-15H,4-11,16H2,1-3H3. The van der Waals surface area contributed by atoms with Gasteiger partial charge in [0.05, 0.1) is 6.10 Å². The molecule has 0 radical (unpaired) electrons. The Balaban J connectivity index is 2.34. The van der Waals surface area contributed by atoms with Gasteiger partial charge in [-0.2, -0.15) is 0 Å². The van der Waals surface area contributed by atoms with Gasteiger partial charge in [0.1, 0.15) is 0 Å². The number of hydrogen-bond donors (Lipinski definition) is 1. The Labute approximate surface area is 107 Å². The Bertz CT molecular complexity index is 193. The van der Waals surface area contributed by atoms with Crippen molar-refractivity contribution in [1.29, 1.82) is 0 Å². The Morgan fingerprint density at radius 2 is 2.06 bits per heavy atom. The molecule has 0 aromatic carbocycles. The molecule has 1 fully saturated rings. The molecule has 1 aliphatic carbocycles. The zero-order valence-corrected chi connectivity index (χ0v) is 12.0. The summed E-state index contributed by atoms with van der Waals surface area (Å²) >= 11 is 0. The number of rotatable bonds is 7. The van der Waals surface area contributed by atoms with Crippen molar-refractivity contribution in [3.63, 3.8) is 0 Å². The van der Waals surface area contributed by atoms with Crippen molar-refractivity contribution in [3.8, 4) is 0 Å². The Kier molecular flexibility index (Phi) is 7.14. The van der Waals surface area contributed by atoms with E-state index in [0.29, 0.717) is 12.0 Å². The Morgan fingerprint density at radius 1 is 1.29 bits per heavy atom. The zero-order chi connectivity index (χ0) is 12.7. The van der Waals surface area contributed by atoms with Gasteiger partial charge < -0.3 is 10.5 Å². The molecule has 0 spiro atoms. The molecule has 3 atom stereocenters. The lowest BCUT2D eigenvalue weighted by atomic mass is 9.78. The molecule has 17 heavy (non-hydrogen) atoms. The topological polar surface area (TPSA) is 35.2 Å². The fraction of sp³-hybridized carbons (Fsp3) is 1.00. The summed E-state index contributed by atoms with van der Waals surface area (Å²) in [6.45, 7) is 8.50. The molecule has 2 heteroatoms. The first-order valence-electron chi connectivity index (χ1n) is 7.49. The molecule has 0 aliphatic heterocycles. The van der Waals surface area contributed by atoms with E-state index in [1.165, 1.54) is 38.5 Å². The molecule has 1 rings (SSSR count). The van der Waals surface area contributed by atoms with Gasteiger partial charge in [-0.25, -0.2) is 0 Å². The third-order valence-corrected chi connectivity index (χ3v) is 4.06. The molecular weight excluding hydrogens is 210 g/mol. The average molecular weight is 241 g/mol. The Morgan fingerprint density at radius 3 is 2.65 bits per heavy atom. The molecule has 0 heterocycles. The maximum atomic E-state index is 6.09. The summed E-state index contributed by atoms with van der Waals surface area (Å²) in [4.78, 5) is 0. The van der Waals surface area contributed by atoms with E-state index in [0.717, 1.165) is 25.0 Å². The van der Waals surface area contributed by atoms with Gasteiger partial charge in [0.15, 0.2) is 0 Å². The average Bonchev–Trinajstić information content (AvgIpc) is 2.29. The zero-order valence-electron chi connectivity index (χ0n) is 12.0. The Hall–Kier alpha value is -0.0800. The minimum atomic E-state index is 0.434. The SMILES string of the molecule is CCCC1CCC(CN)C(OCCC(C)C)C1. The van der Waals surface area contributed by atoms with Crippen molar-refractivity contribution in [2.45, 2.75) is 65.4 Å². The molecule has 0 aromatic heterocycles. The van der Waals surface area contributed by atoms with Crippen LogP contribution >= 0.6 is 0 Å². The fourth-order valence-corrected chi connectivity index (χ4v) is 2.87. The molecule has 102 valence electrons. The van der Waals surface area contributed by atoms with E-state index in [1.54, 1.807) is 0 Å². The fourth-order valence-electron chi connectivity index (χ4n) is 2.87. The lowest BCUT2D eigenvalue weighted by Gasteiger charge is -2.35. The highest BCUT2D eigenvalue weighted by atomic mass is 16.5. The largest absolute Gasteiger partial charge is 0.378 e. The highest BCUT2D eigenvalue weighted by Crippen LogP contribution is 2.33. The summed E-state index contributed by atoms with van der Waals surface area (Å²) in [7, 11) is 0. The van der Waals surface area contributed by atoms with Gasteiger partial charge in [-0.15, -0.1) is 0 Å². The van der Waals surface area contributed by atoms with Gasteiger partial charge in [-0.3, -0.25) is 0 Å². The van der Waals surface area contributed by atoms with Gasteiger partial charge >= 0.3 is 0 Å². The third kappa shape index (κ3) is 5.39. The van der Waals surface area contributed by atoms with Crippen LogP contribution in [0.1, 0.15) is 59.3 Å². The van der Waals surface area contributed by atoms with E-state index in [2.05, 4.69) is 20.8 Å². The van der Waals surface area contributed by atoms with Crippen molar-refractivity contribution in [2.24, 2.45) is 23.5 Å². The molecule has 0 amide bonds. The molecule has 0 saturated heterocycles. The summed E-state index contributed by atoms with van der Waals surface area (Å²) in [6.07, 6.45) is 8.15. The van der Waals surface area contributed by atoms with Crippen LogP contribution in [-0.4, -0.2) is 19.3 Å². The molecule has 2 N–H and O–H groups in total. The van der Waals surface area contributed by atoms with Crippen molar-refractivity contribution in [2.75, 3.05) is 13.2 Å². The van der Waals surface area contributed by atoms with Crippen LogP contribution in [0, 0.1) is 17.8 Å². The number of ether oxygens (including phenoxy) is 1. The van der Waals surface area contributed by atoms with E-state index in [-0.39, 0.29) is 0 Å². The van der Waals surface area contributed by atoms with Gasteiger partial charge in [-0.1, -0.05) is 33.6 Å². The molecule has 3 unspecified atom stereocenters. The van der Waals surface area contributed by atoms with Gasteiger partial charge in [0.2, 0.25) is 0 Å². The maximum Gasteiger partial charge on any atom is 0.0617 e. The van der Waals surface area contributed by atoms with Crippen molar-refractivity contribution in [3.05, 3.63) is 0 Å². The van der Waals surface area contributed by atoms with Gasteiger partial charge in [0, 0.05) is 6.61 Å². The minimum absolute atomic E-state index is 0.434. The molecule has 0 bridgehead atoms. The second-order valence-electron chi connectivity index (χ2n) is 6.06. The first-order chi connectivity index (χ1) is 8.17. The summed E-state index contributed by atoms with van der Waals surface area (Å²) < 4.78 is 6.09. The van der Waals surface area contributed by atoms with Crippen LogP contribution in [0.25, 0.3) is 0 Å². The van der Waals surface area contributed by atoms with E-state index in [4.69, 9.17) is 10.5 Å².